The molecular formula is C14H18FNO4S. The predicted octanol–water partition coefficient (Wildman–Crippen LogP) is 1.29. The van der Waals surface area contributed by atoms with Gasteiger partial charge in [0.05, 0.1) is 18.1 Å². The topological polar surface area (TPSA) is 66.8 Å². The number of benzene rings is 1. The molecule has 0 amide bonds. The second-order valence-electron chi connectivity index (χ2n) is 4.82. The molecule has 0 aliphatic carbocycles. The van der Waals surface area contributed by atoms with Crippen molar-refractivity contribution in [3.8, 4) is 0 Å². The number of nitrogens with zero attached hydrogens (tertiary/aromatic N) is 1. The van der Waals surface area contributed by atoms with Gasteiger partial charge in [-0.15, -0.1) is 0 Å². The molecule has 1 heterocycles. The Hall–Kier alpha value is -1.28. The first kappa shape index (κ1) is 16.1. The van der Waals surface area contributed by atoms with Crippen LogP contribution in [0.4, 0.5) is 4.39 Å². The van der Waals surface area contributed by atoms with Crippen LogP contribution in [0.15, 0.2) is 34.7 Å². The minimum Gasteiger partial charge on any atom is -0.392 e. The van der Waals surface area contributed by atoms with Crippen molar-refractivity contribution in [3.05, 3.63) is 41.2 Å². The molecule has 0 atom stereocenters. The Morgan fingerprint density at radius 1 is 1.43 bits per heavy atom. The third-order valence-electron chi connectivity index (χ3n) is 3.41. The van der Waals surface area contributed by atoms with Crippen LogP contribution in [0.3, 0.4) is 0 Å². The van der Waals surface area contributed by atoms with E-state index in [9.17, 15) is 17.9 Å². The van der Waals surface area contributed by atoms with Crippen molar-refractivity contribution < 1.29 is 22.7 Å². The number of aliphatic hydroxyl groups is 1. The first-order valence-corrected chi connectivity index (χ1v) is 7.99. The Morgan fingerprint density at radius 3 is 2.76 bits per heavy atom. The average molecular weight is 315 g/mol. The third-order valence-corrected chi connectivity index (χ3v) is 5.36. The summed E-state index contributed by atoms with van der Waals surface area (Å²) in [5, 5.41) is 9.25. The fraction of sp³-hybridized carbons (Fsp3) is 0.429. The van der Waals surface area contributed by atoms with Crippen LogP contribution in [0, 0.1) is 5.82 Å². The Kier molecular flexibility index (Phi) is 5.10. The van der Waals surface area contributed by atoms with Crippen molar-refractivity contribution in [1.29, 1.82) is 0 Å². The van der Waals surface area contributed by atoms with Gasteiger partial charge in [0.15, 0.2) is 0 Å². The molecule has 0 bridgehead atoms. The summed E-state index contributed by atoms with van der Waals surface area (Å²) in [4.78, 5) is -0.173. The maximum absolute atomic E-state index is 13.4. The molecule has 116 valence electrons. The van der Waals surface area contributed by atoms with Crippen LogP contribution in [-0.2, 0) is 21.4 Å². The van der Waals surface area contributed by atoms with E-state index < -0.39 is 22.4 Å². The minimum atomic E-state index is -3.82. The predicted molar refractivity (Wildman–Crippen MR) is 75.7 cm³/mol. The Labute approximate surface area is 123 Å². The molecule has 21 heavy (non-hydrogen) atoms. The molecule has 0 unspecified atom stereocenters. The van der Waals surface area contributed by atoms with Gasteiger partial charge in [0.2, 0.25) is 10.0 Å². The molecule has 1 aromatic carbocycles. The first-order chi connectivity index (χ1) is 9.98. The zero-order valence-corrected chi connectivity index (χ0v) is 12.6. The van der Waals surface area contributed by atoms with Crippen LogP contribution < -0.4 is 0 Å². The Morgan fingerprint density at radius 2 is 2.19 bits per heavy atom. The van der Waals surface area contributed by atoms with Crippen molar-refractivity contribution in [3.63, 3.8) is 0 Å². The van der Waals surface area contributed by atoms with Crippen molar-refractivity contribution in [2.24, 2.45) is 0 Å². The van der Waals surface area contributed by atoms with Gasteiger partial charge in [-0.25, -0.2) is 12.8 Å². The second kappa shape index (κ2) is 6.65. The molecule has 5 nitrogen and oxygen atoms in total. The number of rotatable bonds is 5. The molecule has 0 saturated carbocycles. The van der Waals surface area contributed by atoms with E-state index in [1.54, 1.807) is 7.11 Å². The van der Waals surface area contributed by atoms with Gasteiger partial charge in [-0.1, -0.05) is 12.1 Å². The molecule has 2 rings (SSSR count). The van der Waals surface area contributed by atoms with E-state index in [0.717, 1.165) is 17.7 Å². The highest BCUT2D eigenvalue weighted by Crippen LogP contribution is 2.24. The molecule has 0 spiro atoms. The summed E-state index contributed by atoms with van der Waals surface area (Å²) < 4.78 is 44.8. The lowest BCUT2D eigenvalue weighted by molar-refractivity contribution is 0.219. The SMILES string of the molecule is COCC1=CCN(S(=O)(=O)c2cc(F)ccc2CO)CC1. The largest absolute Gasteiger partial charge is 0.392 e. The second-order valence-corrected chi connectivity index (χ2v) is 6.72. The number of aliphatic hydroxyl groups excluding tert-OH is 1. The van der Waals surface area contributed by atoms with Crippen LogP contribution in [0.1, 0.15) is 12.0 Å². The van der Waals surface area contributed by atoms with E-state index in [-0.39, 0.29) is 17.0 Å². The number of hydrogen-bond acceptors (Lipinski definition) is 4. The standard InChI is InChI=1S/C14H18FNO4S/c1-20-10-11-4-6-16(7-5-11)21(18,19)14-8-13(15)3-2-12(14)9-17/h2-4,8,17H,5-7,9-10H2,1H3. The molecular weight excluding hydrogens is 297 g/mol. The number of methoxy groups -OCH3 is 1. The van der Waals surface area contributed by atoms with Gasteiger partial charge < -0.3 is 9.84 Å². The van der Waals surface area contributed by atoms with E-state index in [4.69, 9.17) is 4.74 Å². The maximum Gasteiger partial charge on any atom is 0.243 e. The normalized spacial score (nSPS) is 16.8. The van der Waals surface area contributed by atoms with E-state index in [1.807, 2.05) is 6.08 Å². The number of sulfonamides is 1. The van der Waals surface area contributed by atoms with Gasteiger partial charge >= 0.3 is 0 Å². The van der Waals surface area contributed by atoms with Crippen molar-refractivity contribution in [1.82, 2.24) is 4.31 Å². The minimum absolute atomic E-state index is 0.173. The van der Waals surface area contributed by atoms with Crippen LogP contribution >= 0.6 is 0 Å². The molecule has 0 saturated heterocycles. The molecule has 1 aliphatic heterocycles. The van der Waals surface area contributed by atoms with E-state index in [2.05, 4.69) is 0 Å². The van der Waals surface area contributed by atoms with Crippen LogP contribution in [0.2, 0.25) is 0 Å². The Bertz CT molecular complexity index is 642. The smallest absolute Gasteiger partial charge is 0.243 e. The number of ether oxygens (including phenoxy) is 1. The lowest BCUT2D eigenvalue weighted by atomic mass is 10.1. The zero-order valence-electron chi connectivity index (χ0n) is 11.8. The molecule has 0 radical (unpaired) electrons. The summed E-state index contributed by atoms with van der Waals surface area (Å²) in [6, 6.07) is 3.38. The Balaban J connectivity index is 2.29. The van der Waals surface area contributed by atoms with Gasteiger partial charge in [0, 0.05) is 20.2 Å². The summed E-state index contributed by atoms with van der Waals surface area (Å²) in [5.74, 6) is -0.640. The number of halogens is 1. The summed E-state index contributed by atoms with van der Waals surface area (Å²) in [7, 11) is -2.23. The lowest BCUT2D eigenvalue weighted by Crippen LogP contribution is -2.35. The highest BCUT2D eigenvalue weighted by molar-refractivity contribution is 7.89. The quantitative estimate of drug-likeness (QED) is 0.831. The average Bonchev–Trinajstić information content (AvgIpc) is 2.48. The van der Waals surface area contributed by atoms with Gasteiger partial charge in [0.1, 0.15) is 5.82 Å². The monoisotopic (exact) mass is 315 g/mol. The summed E-state index contributed by atoms with van der Waals surface area (Å²) >= 11 is 0. The third kappa shape index (κ3) is 3.49. The zero-order chi connectivity index (χ0) is 15.5. The van der Waals surface area contributed by atoms with Crippen molar-refractivity contribution >= 4 is 10.0 Å². The highest BCUT2D eigenvalue weighted by atomic mass is 32.2. The fourth-order valence-corrected chi connectivity index (χ4v) is 3.87. The first-order valence-electron chi connectivity index (χ1n) is 6.55. The van der Waals surface area contributed by atoms with E-state index >= 15 is 0 Å². The van der Waals surface area contributed by atoms with Crippen molar-refractivity contribution in [2.45, 2.75) is 17.9 Å². The molecule has 0 aromatic heterocycles. The molecule has 7 heteroatoms. The number of hydrogen-bond donors (Lipinski definition) is 1. The van der Waals surface area contributed by atoms with E-state index in [0.29, 0.717) is 19.6 Å². The highest BCUT2D eigenvalue weighted by Gasteiger charge is 2.28. The fourth-order valence-electron chi connectivity index (χ4n) is 2.27. The lowest BCUT2D eigenvalue weighted by Gasteiger charge is -2.26. The van der Waals surface area contributed by atoms with E-state index in [1.165, 1.54) is 10.4 Å². The van der Waals surface area contributed by atoms with Crippen LogP contribution in [0.5, 0.6) is 0 Å². The van der Waals surface area contributed by atoms with Crippen LogP contribution in [-0.4, -0.2) is 44.6 Å². The maximum atomic E-state index is 13.4. The summed E-state index contributed by atoms with van der Waals surface area (Å²) in [6.07, 6.45) is 2.39. The van der Waals surface area contributed by atoms with Gasteiger partial charge in [0.25, 0.3) is 0 Å². The van der Waals surface area contributed by atoms with Gasteiger partial charge in [-0.2, -0.15) is 4.31 Å². The molecule has 1 N–H and O–H groups in total. The van der Waals surface area contributed by atoms with Crippen molar-refractivity contribution in [2.75, 3.05) is 26.8 Å². The molecule has 1 aliphatic rings. The summed E-state index contributed by atoms with van der Waals surface area (Å²) in [5.41, 5.74) is 1.24. The van der Waals surface area contributed by atoms with Gasteiger partial charge in [-0.3, -0.25) is 0 Å². The van der Waals surface area contributed by atoms with Crippen LogP contribution in [0.25, 0.3) is 0 Å². The molecule has 1 aromatic rings. The summed E-state index contributed by atoms with van der Waals surface area (Å²) in [6.45, 7) is 0.574. The van der Waals surface area contributed by atoms with Gasteiger partial charge in [-0.05, 0) is 29.7 Å². The molecule has 0 fully saturated rings.